The van der Waals surface area contributed by atoms with E-state index in [0.29, 0.717) is 12.2 Å². The number of aromatic nitrogens is 2. The predicted molar refractivity (Wildman–Crippen MR) is 116 cm³/mol. The van der Waals surface area contributed by atoms with Gasteiger partial charge in [-0.15, -0.1) is 0 Å². The summed E-state index contributed by atoms with van der Waals surface area (Å²) >= 11 is 0. The van der Waals surface area contributed by atoms with E-state index in [9.17, 15) is 18.5 Å². The molecule has 0 atom stereocenters. The summed E-state index contributed by atoms with van der Waals surface area (Å²) in [5, 5.41) is 15.8. The van der Waals surface area contributed by atoms with Crippen molar-refractivity contribution >= 4 is 21.2 Å². The standard InChI is InChI=1S/C21H24N4O4S/c1-14-8-6-7-9-19(14)24-16(3)18(15(2)22-24)13-23(4)20-11-10-17(25(26)27)12-21(20)30(5,28)29/h6-12H,13H2,1-5H3. The number of nitrogens with zero attached hydrogens (tertiary/aromatic N) is 4. The molecule has 1 heterocycles. The summed E-state index contributed by atoms with van der Waals surface area (Å²) in [6.07, 6.45) is 1.05. The van der Waals surface area contributed by atoms with E-state index in [1.54, 1.807) is 11.9 Å². The highest BCUT2D eigenvalue weighted by atomic mass is 32.2. The number of nitro groups is 1. The van der Waals surface area contributed by atoms with Crippen molar-refractivity contribution in [2.45, 2.75) is 32.2 Å². The second-order valence-electron chi connectivity index (χ2n) is 7.39. The van der Waals surface area contributed by atoms with Crippen LogP contribution >= 0.6 is 0 Å². The average molecular weight is 429 g/mol. The molecule has 8 nitrogen and oxygen atoms in total. The van der Waals surface area contributed by atoms with Crippen LogP contribution in [0.5, 0.6) is 0 Å². The number of aryl methyl sites for hydroxylation is 2. The molecule has 30 heavy (non-hydrogen) atoms. The Balaban J connectivity index is 2.03. The first-order valence-electron chi connectivity index (χ1n) is 9.31. The van der Waals surface area contributed by atoms with E-state index in [0.717, 1.165) is 40.5 Å². The number of hydrogen-bond acceptors (Lipinski definition) is 6. The summed E-state index contributed by atoms with van der Waals surface area (Å²) in [5.41, 5.74) is 5.00. The molecule has 3 rings (SSSR count). The number of sulfone groups is 1. The van der Waals surface area contributed by atoms with Gasteiger partial charge in [-0.3, -0.25) is 10.1 Å². The molecule has 3 aromatic rings. The largest absolute Gasteiger partial charge is 0.369 e. The molecule has 0 amide bonds. The zero-order chi connectivity index (χ0) is 22.2. The lowest BCUT2D eigenvalue weighted by molar-refractivity contribution is -0.385. The van der Waals surface area contributed by atoms with E-state index in [4.69, 9.17) is 0 Å². The van der Waals surface area contributed by atoms with Crippen molar-refractivity contribution in [3.05, 3.63) is 75.1 Å². The van der Waals surface area contributed by atoms with Crippen molar-refractivity contribution in [2.24, 2.45) is 0 Å². The van der Waals surface area contributed by atoms with Gasteiger partial charge in [0, 0.05) is 43.2 Å². The van der Waals surface area contributed by atoms with Gasteiger partial charge < -0.3 is 4.90 Å². The lowest BCUT2D eigenvalue weighted by atomic mass is 10.1. The van der Waals surface area contributed by atoms with Crippen LogP contribution < -0.4 is 4.90 Å². The molecule has 0 saturated heterocycles. The SMILES string of the molecule is Cc1ccccc1-n1nc(C)c(CN(C)c2ccc([N+](=O)[O-])cc2S(C)(=O)=O)c1C. The number of non-ortho nitro benzene ring substituents is 1. The number of para-hydroxylation sites is 1. The van der Waals surface area contributed by atoms with Gasteiger partial charge in [0.25, 0.3) is 5.69 Å². The predicted octanol–water partition coefficient (Wildman–Crippen LogP) is 3.75. The number of hydrogen-bond donors (Lipinski definition) is 0. The van der Waals surface area contributed by atoms with Crippen LogP contribution in [-0.2, 0) is 16.4 Å². The van der Waals surface area contributed by atoms with Gasteiger partial charge in [0.15, 0.2) is 9.84 Å². The summed E-state index contributed by atoms with van der Waals surface area (Å²) in [6, 6.07) is 11.9. The molecular formula is C21H24N4O4S. The van der Waals surface area contributed by atoms with Gasteiger partial charge in [0.05, 0.1) is 26.9 Å². The Labute approximate surface area is 175 Å². The van der Waals surface area contributed by atoms with Gasteiger partial charge in [-0.2, -0.15) is 5.10 Å². The number of anilines is 1. The maximum absolute atomic E-state index is 12.3. The minimum Gasteiger partial charge on any atom is -0.369 e. The molecule has 0 aliphatic heterocycles. The van der Waals surface area contributed by atoms with Gasteiger partial charge in [0.1, 0.15) is 0 Å². The molecule has 158 valence electrons. The molecule has 0 radical (unpaired) electrons. The van der Waals surface area contributed by atoms with E-state index in [1.807, 2.05) is 49.7 Å². The highest BCUT2D eigenvalue weighted by Gasteiger charge is 2.22. The molecule has 0 spiro atoms. The third kappa shape index (κ3) is 4.06. The van der Waals surface area contributed by atoms with Gasteiger partial charge >= 0.3 is 0 Å². The maximum atomic E-state index is 12.3. The van der Waals surface area contributed by atoms with Gasteiger partial charge in [-0.05, 0) is 38.5 Å². The lowest BCUT2D eigenvalue weighted by Crippen LogP contribution is -2.20. The highest BCUT2D eigenvalue weighted by molar-refractivity contribution is 7.90. The van der Waals surface area contributed by atoms with Crippen molar-refractivity contribution in [3.8, 4) is 5.69 Å². The molecule has 0 aliphatic rings. The van der Waals surface area contributed by atoms with E-state index in [1.165, 1.54) is 12.1 Å². The Bertz CT molecular complexity index is 1230. The molecule has 0 aliphatic carbocycles. The first-order valence-corrected chi connectivity index (χ1v) is 11.2. The Hall–Kier alpha value is -3.20. The quantitative estimate of drug-likeness (QED) is 0.438. The van der Waals surface area contributed by atoms with Gasteiger partial charge in [-0.1, -0.05) is 18.2 Å². The van der Waals surface area contributed by atoms with Crippen molar-refractivity contribution in [2.75, 3.05) is 18.2 Å². The van der Waals surface area contributed by atoms with Crippen LogP contribution in [0, 0.1) is 30.9 Å². The highest BCUT2D eigenvalue weighted by Crippen LogP contribution is 2.31. The Morgan fingerprint density at radius 1 is 1.13 bits per heavy atom. The molecule has 9 heteroatoms. The zero-order valence-electron chi connectivity index (χ0n) is 17.6. The van der Waals surface area contributed by atoms with E-state index >= 15 is 0 Å². The fraction of sp³-hybridized carbons (Fsp3) is 0.286. The summed E-state index contributed by atoms with van der Waals surface area (Å²) < 4.78 is 26.5. The fourth-order valence-electron chi connectivity index (χ4n) is 3.49. The number of nitro benzene ring substituents is 1. The monoisotopic (exact) mass is 428 g/mol. The van der Waals surface area contributed by atoms with Crippen LogP contribution in [0.1, 0.15) is 22.5 Å². The van der Waals surface area contributed by atoms with Crippen LogP contribution in [0.3, 0.4) is 0 Å². The van der Waals surface area contributed by atoms with Crippen LogP contribution in [0.2, 0.25) is 0 Å². The van der Waals surface area contributed by atoms with Crippen molar-refractivity contribution in [3.63, 3.8) is 0 Å². The van der Waals surface area contributed by atoms with Crippen LogP contribution in [0.15, 0.2) is 47.4 Å². The normalized spacial score (nSPS) is 11.5. The van der Waals surface area contributed by atoms with Crippen molar-refractivity contribution in [1.29, 1.82) is 0 Å². The maximum Gasteiger partial charge on any atom is 0.270 e. The van der Waals surface area contributed by atoms with Crippen LogP contribution in [0.4, 0.5) is 11.4 Å². The summed E-state index contributed by atoms with van der Waals surface area (Å²) in [7, 11) is -1.89. The second kappa shape index (κ2) is 7.91. The summed E-state index contributed by atoms with van der Waals surface area (Å²) in [4.78, 5) is 12.2. The molecule has 0 bridgehead atoms. The third-order valence-corrected chi connectivity index (χ3v) is 6.27. The van der Waals surface area contributed by atoms with E-state index < -0.39 is 14.8 Å². The van der Waals surface area contributed by atoms with E-state index in [2.05, 4.69) is 5.10 Å². The topological polar surface area (TPSA) is 98.3 Å². The minimum atomic E-state index is -3.66. The number of rotatable bonds is 6. The smallest absolute Gasteiger partial charge is 0.270 e. The first kappa shape index (κ1) is 21.5. The van der Waals surface area contributed by atoms with Crippen molar-refractivity contribution in [1.82, 2.24) is 9.78 Å². The summed E-state index contributed by atoms with van der Waals surface area (Å²) in [5.74, 6) is 0. The van der Waals surface area contributed by atoms with Gasteiger partial charge in [0.2, 0.25) is 0 Å². The Morgan fingerprint density at radius 3 is 2.40 bits per heavy atom. The molecule has 0 saturated carbocycles. The molecule has 1 aromatic heterocycles. The fourth-order valence-corrected chi connectivity index (χ4v) is 4.43. The summed E-state index contributed by atoms with van der Waals surface area (Å²) in [6.45, 7) is 6.32. The number of benzene rings is 2. The molecular weight excluding hydrogens is 404 g/mol. The Kier molecular flexibility index (Phi) is 5.67. The Morgan fingerprint density at radius 2 is 1.80 bits per heavy atom. The molecule has 0 fully saturated rings. The average Bonchev–Trinajstić information content (AvgIpc) is 2.95. The van der Waals surface area contributed by atoms with Gasteiger partial charge in [-0.25, -0.2) is 13.1 Å². The minimum absolute atomic E-state index is 0.0687. The first-order chi connectivity index (χ1) is 14.0. The zero-order valence-corrected chi connectivity index (χ0v) is 18.4. The third-order valence-electron chi connectivity index (χ3n) is 5.15. The molecule has 0 unspecified atom stereocenters. The second-order valence-corrected chi connectivity index (χ2v) is 9.37. The van der Waals surface area contributed by atoms with Crippen LogP contribution in [-0.4, -0.2) is 36.4 Å². The molecule has 2 aromatic carbocycles. The van der Waals surface area contributed by atoms with Crippen LogP contribution in [0.25, 0.3) is 5.69 Å². The lowest BCUT2D eigenvalue weighted by Gasteiger charge is -2.22. The van der Waals surface area contributed by atoms with Crippen molar-refractivity contribution < 1.29 is 13.3 Å². The van der Waals surface area contributed by atoms with E-state index in [-0.39, 0.29) is 10.6 Å². The molecule has 0 N–H and O–H groups in total.